The molecule has 1 aliphatic heterocycles. The molecule has 1 aliphatic carbocycles. The largest absolute Gasteiger partial charge is 0.321 e. The van der Waals surface area contributed by atoms with E-state index in [0.717, 1.165) is 25.9 Å². The number of rotatable bonds is 3. The van der Waals surface area contributed by atoms with E-state index in [-0.39, 0.29) is 5.54 Å². The van der Waals surface area contributed by atoms with Crippen LogP contribution in [0.1, 0.15) is 38.3 Å². The van der Waals surface area contributed by atoms with Crippen molar-refractivity contribution in [1.29, 1.82) is 0 Å². The number of likely N-dealkylation sites (tertiary alicyclic amines) is 1. The molecule has 1 saturated carbocycles. The Morgan fingerprint density at radius 2 is 2.12 bits per heavy atom. The van der Waals surface area contributed by atoms with Crippen molar-refractivity contribution in [3.8, 4) is 0 Å². The van der Waals surface area contributed by atoms with E-state index in [9.17, 15) is 0 Å². The minimum Gasteiger partial charge on any atom is -0.321 e. The lowest BCUT2D eigenvalue weighted by Gasteiger charge is -2.41. The van der Waals surface area contributed by atoms with Crippen molar-refractivity contribution in [3.05, 3.63) is 18.0 Å². The van der Waals surface area contributed by atoms with E-state index in [1.807, 2.05) is 6.20 Å². The summed E-state index contributed by atoms with van der Waals surface area (Å²) in [6.07, 6.45) is 6.32. The minimum absolute atomic E-state index is 0.0419. The Kier molecular flexibility index (Phi) is 2.13. The zero-order valence-corrected chi connectivity index (χ0v) is 10.1. The van der Waals surface area contributed by atoms with Gasteiger partial charge in [0.2, 0.25) is 0 Å². The lowest BCUT2D eigenvalue weighted by atomic mass is 10.1. The van der Waals surface area contributed by atoms with Crippen LogP contribution in [0.5, 0.6) is 0 Å². The first-order chi connectivity index (χ1) is 7.58. The van der Waals surface area contributed by atoms with Crippen LogP contribution in [0.25, 0.3) is 0 Å². The summed E-state index contributed by atoms with van der Waals surface area (Å²) >= 11 is 0. The molecule has 2 fully saturated rings. The summed E-state index contributed by atoms with van der Waals surface area (Å²) in [6.45, 7) is 6.72. The Labute approximate surface area is 96.4 Å². The second-order valence-corrected chi connectivity index (χ2v) is 5.57. The average molecular weight is 220 g/mol. The fourth-order valence-electron chi connectivity index (χ4n) is 2.30. The molecule has 4 nitrogen and oxygen atoms in total. The van der Waals surface area contributed by atoms with Crippen LogP contribution in [0.3, 0.4) is 0 Å². The van der Waals surface area contributed by atoms with Crippen LogP contribution in [0, 0.1) is 0 Å². The Balaban J connectivity index is 1.66. The van der Waals surface area contributed by atoms with Gasteiger partial charge in [0, 0.05) is 36.4 Å². The third kappa shape index (κ3) is 1.57. The first-order valence-corrected chi connectivity index (χ1v) is 6.16. The molecule has 4 heteroatoms. The van der Waals surface area contributed by atoms with Gasteiger partial charge in [-0.2, -0.15) is 5.10 Å². The fraction of sp³-hybridized carbons (Fsp3) is 0.750. The van der Waals surface area contributed by atoms with Gasteiger partial charge in [-0.25, -0.2) is 0 Å². The van der Waals surface area contributed by atoms with E-state index in [4.69, 9.17) is 5.73 Å². The molecule has 0 amide bonds. The molecule has 16 heavy (non-hydrogen) atoms. The molecular weight excluding hydrogens is 200 g/mol. The van der Waals surface area contributed by atoms with Gasteiger partial charge in [0.15, 0.2) is 0 Å². The van der Waals surface area contributed by atoms with E-state index >= 15 is 0 Å². The van der Waals surface area contributed by atoms with Crippen LogP contribution in [0.2, 0.25) is 0 Å². The summed E-state index contributed by atoms with van der Waals surface area (Å²) in [4.78, 5) is 2.46. The molecule has 2 heterocycles. The van der Waals surface area contributed by atoms with Crippen LogP contribution in [-0.2, 0) is 5.54 Å². The first kappa shape index (κ1) is 10.3. The maximum Gasteiger partial charge on any atom is 0.0773 e. The predicted molar refractivity (Wildman–Crippen MR) is 63.1 cm³/mol. The van der Waals surface area contributed by atoms with Gasteiger partial charge >= 0.3 is 0 Å². The van der Waals surface area contributed by atoms with Crippen LogP contribution >= 0.6 is 0 Å². The minimum atomic E-state index is -0.0419. The smallest absolute Gasteiger partial charge is 0.0773 e. The molecule has 2 N–H and O–H groups in total. The summed E-state index contributed by atoms with van der Waals surface area (Å²) in [5.74, 6) is 0. The van der Waals surface area contributed by atoms with Crippen LogP contribution in [0.4, 0.5) is 0 Å². The van der Waals surface area contributed by atoms with Crippen molar-refractivity contribution in [2.75, 3.05) is 13.1 Å². The standard InChI is InChI=1S/C12H20N4/c1-9(2)15-7-11(8-15)16-6-10(5-14-16)12(13)3-4-12/h5-6,9,11H,3-4,7-8,13H2,1-2H3. The number of nitrogens with zero attached hydrogens (tertiary/aromatic N) is 3. The number of nitrogens with two attached hydrogens (primary N) is 1. The lowest BCUT2D eigenvalue weighted by Crippen LogP contribution is -2.51. The van der Waals surface area contributed by atoms with Gasteiger partial charge in [0.25, 0.3) is 0 Å². The van der Waals surface area contributed by atoms with E-state index in [0.29, 0.717) is 12.1 Å². The van der Waals surface area contributed by atoms with Crippen LogP contribution in [0.15, 0.2) is 12.4 Å². The van der Waals surface area contributed by atoms with Gasteiger partial charge in [0.1, 0.15) is 0 Å². The molecule has 1 aromatic heterocycles. The van der Waals surface area contributed by atoms with Gasteiger partial charge < -0.3 is 5.73 Å². The Morgan fingerprint density at radius 3 is 2.69 bits per heavy atom. The molecule has 0 bridgehead atoms. The second kappa shape index (κ2) is 3.31. The predicted octanol–water partition coefficient (Wildman–Crippen LogP) is 1.10. The topological polar surface area (TPSA) is 47.1 Å². The summed E-state index contributed by atoms with van der Waals surface area (Å²) < 4.78 is 2.10. The molecule has 0 atom stereocenters. The van der Waals surface area contributed by atoms with Crippen molar-refractivity contribution in [2.45, 2.75) is 44.3 Å². The van der Waals surface area contributed by atoms with E-state index in [1.54, 1.807) is 0 Å². The van der Waals surface area contributed by atoms with Crippen molar-refractivity contribution in [3.63, 3.8) is 0 Å². The third-order valence-electron chi connectivity index (χ3n) is 3.96. The SMILES string of the molecule is CC(C)N1CC(n2cc(C3(N)CC3)cn2)C1. The van der Waals surface area contributed by atoms with Crippen LogP contribution < -0.4 is 5.73 Å². The number of hydrogen-bond acceptors (Lipinski definition) is 3. The molecule has 2 aliphatic rings. The maximum atomic E-state index is 6.15. The van der Waals surface area contributed by atoms with Gasteiger partial charge in [-0.1, -0.05) is 0 Å². The summed E-state index contributed by atoms with van der Waals surface area (Å²) in [5.41, 5.74) is 7.33. The Hall–Kier alpha value is -0.870. The van der Waals surface area contributed by atoms with Crippen molar-refractivity contribution in [2.24, 2.45) is 5.73 Å². The molecule has 0 unspecified atom stereocenters. The summed E-state index contributed by atoms with van der Waals surface area (Å²) in [6, 6.07) is 1.20. The molecule has 1 aromatic rings. The average Bonchev–Trinajstić information content (AvgIpc) is 2.73. The van der Waals surface area contributed by atoms with Crippen molar-refractivity contribution in [1.82, 2.24) is 14.7 Å². The molecule has 0 aromatic carbocycles. The van der Waals surface area contributed by atoms with Gasteiger partial charge in [-0.15, -0.1) is 0 Å². The molecule has 1 saturated heterocycles. The fourth-order valence-corrected chi connectivity index (χ4v) is 2.30. The second-order valence-electron chi connectivity index (χ2n) is 5.57. The third-order valence-corrected chi connectivity index (χ3v) is 3.96. The molecule has 0 spiro atoms. The molecule has 0 radical (unpaired) electrons. The quantitative estimate of drug-likeness (QED) is 0.829. The van der Waals surface area contributed by atoms with Gasteiger partial charge in [-0.3, -0.25) is 9.58 Å². The highest BCUT2D eigenvalue weighted by molar-refractivity contribution is 5.24. The highest BCUT2D eigenvalue weighted by Crippen LogP contribution is 2.42. The molecule has 88 valence electrons. The van der Waals surface area contributed by atoms with E-state index in [1.165, 1.54) is 5.56 Å². The summed E-state index contributed by atoms with van der Waals surface area (Å²) in [5, 5.41) is 4.45. The van der Waals surface area contributed by atoms with Gasteiger partial charge in [-0.05, 0) is 26.7 Å². The number of aromatic nitrogens is 2. The highest BCUT2D eigenvalue weighted by Gasteiger charge is 2.41. The van der Waals surface area contributed by atoms with Crippen molar-refractivity contribution >= 4 is 0 Å². The van der Waals surface area contributed by atoms with Crippen molar-refractivity contribution < 1.29 is 0 Å². The molecule has 3 rings (SSSR count). The lowest BCUT2D eigenvalue weighted by molar-refractivity contribution is 0.0674. The van der Waals surface area contributed by atoms with E-state index in [2.05, 4.69) is 34.7 Å². The van der Waals surface area contributed by atoms with Crippen LogP contribution in [-0.4, -0.2) is 33.8 Å². The zero-order valence-electron chi connectivity index (χ0n) is 10.1. The normalized spacial score (nSPS) is 24.8. The first-order valence-electron chi connectivity index (χ1n) is 6.16. The Bertz CT molecular complexity index is 385. The molecular formula is C12H20N4. The maximum absolute atomic E-state index is 6.15. The Morgan fingerprint density at radius 1 is 1.44 bits per heavy atom. The van der Waals surface area contributed by atoms with Gasteiger partial charge in [0.05, 0.1) is 12.2 Å². The van der Waals surface area contributed by atoms with E-state index < -0.39 is 0 Å². The monoisotopic (exact) mass is 220 g/mol. The zero-order chi connectivity index (χ0) is 11.3. The highest BCUT2D eigenvalue weighted by atomic mass is 15.4. The summed E-state index contributed by atoms with van der Waals surface area (Å²) in [7, 11) is 0. The number of hydrogen-bond donors (Lipinski definition) is 1.